The molecule has 0 amide bonds. The van der Waals surface area contributed by atoms with E-state index in [0.29, 0.717) is 0 Å². The number of carbonyl (C=O) groups excluding carboxylic acids is 1. The summed E-state index contributed by atoms with van der Waals surface area (Å²) in [6, 6.07) is 2.94. The maximum atomic E-state index is 14.1. The average Bonchev–Trinajstić information content (AvgIpc) is 2.96. The van der Waals surface area contributed by atoms with Gasteiger partial charge < -0.3 is 10.8 Å². The normalized spacial score (nSPS) is 11.1. The second-order valence-corrected chi connectivity index (χ2v) is 7.65. The Morgan fingerprint density at radius 3 is 2.65 bits per heavy atom. The highest BCUT2D eigenvalue weighted by Gasteiger charge is 2.22. The average molecular weight is 400 g/mol. The molecule has 0 spiro atoms. The van der Waals surface area contributed by atoms with Crippen LogP contribution in [0.4, 0.5) is 9.39 Å². The number of amidine groups is 1. The van der Waals surface area contributed by atoms with Crippen LogP contribution < -0.4 is 10.5 Å². The second kappa shape index (κ2) is 7.58. The maximum absolute atomic E-state index is 14.1. The van der Waals surface area contributed by atoms with Crippen molar-refractivity contribution in [1.82, 2.24) is 4.98 Å². The quantitative estimate of drug-likeness (QED) is 0.382. The Morgan fingerprint density at radius 2 is 2.08 bits per heavy atom. The van der Waals surface area contributed by atoms with Crippen LogP contribution in [0, 0.1) is 11.2 Å². The number of carboxylic acid groups (broad SMARTS) is 1. The SMILES string of the molecule is N=C(N)CC(=O)Cc1ccc(S(=O)(=O)Nc2scnc2C(=O)O)cc1F. The summed E-state index contributed by atoms with van der Waals surface area (Å²) in [5.41, 5.74) is 5.75. The highest BCUT2D eigenvalue weighted by atomic mass is 32.2. The summed E-state index contributed by atoms with van der Waals surface area (Å²) in [4.78, 5) is 25.7. The van der Waals surface area contributed by atoms with Crippen molar-refractivity contribution in [2.75, 3.05) is 4.72 Å². The van der Waals surface area contributed by atoms with Crippen molar-refractivity contribution in [3.63, 3.8) is 0 Å². The van der Waals surface area contributed by atoms with E-state index >= 15 is 0 Å². The van der Waals surface area contributed by atoms with Gasteiger partial charge in [-0.15, -0.1) is 11.3 Å². The van der Waals surface area contributed by atoms with E-state index in [2.05, 4.69) is 4.98 Å². The van der Waals surface area contributed by atoms with E-state index in [1.807, 2.05) is 4.72 Å². The van der Waals surface area contributed by atoms with Crippen molar-refractivity contribution < 1.29 is 27.5 Å². The van der Waals surface area contributed by atoms with E-state index in [1.165, 1.54) is 0 Å². The summed E-state index contributed by atoms with van der Waals surface area (Å²) in [6.45, 7) is 0. The molecule has 0 saturated heterocycles. The standard InChI is InChI=1S/C14H13FN4O5S2/c15-10-5-9(2-1-7(10)3-8(20)4-11(16)17)26(23,24)19-13-12(14(21)22)18-6-25-13/h1-2,5-6,19H,3-4H2,(H3,16,17)(H,21,22). The molecule has 2 rings (SSSR count). The number of carbonyl (C=O) groups is 2. The molecule has 2 aromatic rings. The van der Waals surface area contributed by atoms with E-state index < -0.39 is 38.2 Å². The van der Waals surface area contributed by atoms with Crippen molar-refractivity contribution in [1.29, 1.82) is 5.41 Å². The zero-order valence-corrected chi connectivity index (χ0v) is 14.7. The van der Waals surface area contributed by atoms with Crippen LogP contribution in [0.2, 0.25) is 0 Å². The monoisotopic (exact) mass is 400 g/mol. The number of nitrogens with two attached hydrogens (primary N) is 1. The Labute approximate surface area is 151 Å². The van der Waals surface area contributed by atoms with Crippen LogP contribution in [0.5, 0.6) is 0 Å². The molecule has 0 fully saturated rings. The van der Waals surface area contributed by atoms with Gasteiger partial charge in [-0.1, -0.05) is 6.07 Å². The Kier molecular flexibility index (Phi) is 5.67. The number of sulfonamides is 1. The molecule has 1 heterocycles. The van der Waals surface area contributed by atoms with Crippen LogP contribution in [0.15, 0.2) is 28.6 Å². The van der Waals surface area contributed by atoms with E-state index in [-0.39, 0.29) is 29.2 Å². The number of halogens is 1. The van der Waals surface area contributed by atoms with Crippen LogP contribution in [0.3, 0.4) is 0 Å². The lowest BCUT2D eigenvalue weighted by Crippen LogP contribution is -2.18. The molecule has 0 aliphatic heterocycles. The summed E-state index contributed by atoms with van der Waals surface area (Å²) in [6.07, 6.45) is -0.665. The fourth-order valence-electron chi connectivity index (χ4n) is 1.98. The molecule has 12 heteroatoms. The predicted molar refractivity (Wildman–Crippen MR) is 91.5 cm³/mol. The van der Waals surface area contributed by atoms with E-state index in [1.54, 1.807) is 0 Å². The van der Waals surface area contributed by atoms with Gasteiger partial charge in [-0.2, -0.15) is 0 Å². The number of nitrogens with one attached hydrogen (secondary N) is 2. The van der Waals surface area contributed by atoms with Crippen LogP contribution in [-0.2, 0) is 21.2 Å². The number of hydrogen-bond acceptors (Lipinski definition) is 7. The summed E-state index contributed by atoms with van der Waals surface area (Å²) in [5.74, 6) is -3.17. The van der Waals surface area contributed by atoms with E-state index in [9.17, 15) is 22.4 Å². The van der Waals surface area contributed by atoms with Crippen LogP contribution in [0.1, 0.15) is 22.5 Å². The van der Waals surface area contributed by atoms with Gasteiger partial charge in [0.1, 0.15) is 16.6 Å². The van der Waals surface area contributed by atoms with Crippen molar-refractivity contribution in [3.8, 4) is 0 Å². The van der Waals surface area contributed by atoms with Gasteiger partial charge in [-0.3, -0.25) is 14.9 Å². The number of thiazole rings is 1. The third kappa shape index (κ3) is 4.61. The van der Waals surface area contributed by atoms with Gasteiger partial charge in [0.05, 0.1) is 22.7 Å². The first-order valence-electron chi connectivity index (χ1n) is 6.92. The van der Waals surface area contributed by atoms with Gasteiger partial charge in [-0.25, -0.2) is 22.6 Å². The van der Waals surface area contributed by atoms with Gasteiger partial charge in [0.25, 0.3) is 10.0 Å². The number of aromatic carboxylic acids is 1. The molecule has 5 N–H and O–H groups in total. The molecular weight excluding hydrogens is 387 g/mol. The van der Waals surface area contributed by atoms with Crippen LogP contribution in [0.25, 0.3) is 0 Å². The number of hydrogen-bond donors (Lipinski definition) is 4. The molecule has 0 atom stereocenters. The third-order valence-corrected chi connectivity index (χ3v) is 5.33. The van der Waals surface area contributed by atoms with Crippen molar-refractivity contribution in [2.24, 2.45) is 5.73 Å². The Morgan fingerprint density at radius 1 is 1.38 bits per heavy atom. The predicted octanol–water partition coefficient (Wildman–Crippen LogP) is 1.22. The Bertz CT molecular complexity index is 987. The van der Waals surface area contributed by atoms with Crippen molar-refractivity contribution >= 4 is 43.9 Å². The van der Waals surface area contributed by atoms with Crippen molar-refractivity contribution in [2.45, 2.75) is 17.7 Å². The summed E-state index contributed by atoms with van der Waals surface area (Å²) in [7, 11) is -4.25. The Hall–Kier alpha value is -2.86. The van der Waals surface area contributed by atoms with Gasteiger partial charge in [0.2, 0.25) is 0 Å². The minimum Gasteiger partial charge on any atom is -0.476 e. The molecule has 0 saturated carbocycles. The number of benzene rings is 1. The number of ketones is 1. The molecule has 26 heavy (non-hydrogen) atoms. The van der Waals surface area contributed by atoms with Gasteiger partial charge in [0, 0.05) is 6.42 Å². The van der Waals surface area contributed by atoms with Gasteiger partial charge >= 0.3 is 5.97 Å². The summed E-state index contributed by atoms with van der Waals surface area (Å²) in [5, 5.41) is 15.8. The number of carboxylic acids is 1. The van der Waals surface area contributed by atoms with Gasteiger partial charge in [-0.05, 0) is 17.7 Å². The Balaban J connectivity index is 2.24. The molecule has 0 aliphatic rings. The third-order valence-electron chi connectivity index (χ3n) is 3.11. The zero-order valence-electron chi connectivity index (χ0n) is 13.0. The second-order valence-electron chi connectivity index (χ2n) is 5.11. The lowest BCUT2D eigenvalue weighted by atomic mass is 10.1. The lowest BCUT2D eigenvalue weighted by molar-refractivity contribution is -0.117. The van der Waals surface area contributed by atoms with Crippen LogP contribution >= 0.6 is 11.3 Å². The number of rotatable bonds is 8. The number of anilines is 1. The fraction of sp³-hybridized carbons (Fsp3) is 0.143. The molecule has 0 bridgehead atoms. The van der Waals surface area contributed by atoms with Gasteiger partial charge in [0.15, 0.2) is 5.69 Å². The number of Topliss-reactive ketones (excluding diaryl/α,β-unsaturated/α-hetero) is 1. The first kappa shape index (κ1) is 19.5. The molecule has 1 aromatic heterocycles. The lowest BCUT2D eigenvalue weighted by Gasteiger charge is -2.09. The topological polar surface area (TPSA) is 163 Å². The minimum absolute atomic E-state index is 0.0424. The molecule has 1 aromatic carbocycles. The molecule has 138 valence electrons. The molecule has 0 radical (unpaired) electrons. The molecule has 0 unspecified atom stereocenters. The molecular formula is C14H13FN4O5S2. The summed E-state index contributed by atoms with van der Waals surface area (Å²) >= 11 is 0.768. The largest absolute Gasteiger partial charge is 0.476 e. The van der Waals surface area contributed by atoms with E-state index in [4.69, 9.17) is 16.2 Å². The zero-order chi connectivity index (χ0) is 19.5. The highest BCUT2D eigenvalue weighted by molar-refractivity contribution is 7.93. The fourth-order valence-corrected chi connectivity index (χ4v) is 3.98. The molecule has 9 nitrogen and oxygen atoms in total. The smallest absolute Gasteiger partial charge is 0.357 e. The summed E-state index contributed by atoms with van der Waals surface area (Å²) < 4.78 is 40.8. The number of aromatic nitrogens is 1. The van der Waals surface area contributed by atoms with Crippen molar-refractivity contribution in [3.05, 3.63) is 40.8 Å². The van der Waals surface area contributed by atoms with E-state index in [0.717, 1.165) is 35.0 Å². The maximum Gasteiger partial charge on any atom is 0.357 e. The highest BCUT2D eigenvalue weighted by Crippen LogP contribution is 2.25. The first-order valence-corrected chi connectivity index (χ1v) is 9.29. The number of nitrogens with zero attached hydrogens (tertiary/aromatic N) is 1. The minimum atomic E-state index is -4.25. The van der Waals surface area contributed by atoms with Crippen LogP contribution in [-0.4, -0.2) is 36.1 Å². The first-order chi connectivity index (χ1) is 12.1. The molecule has 0 aliphatic carbocycles.